The van der Waals surface area contributed by atoms with E-state index < -0.39 is 0 Å². The summed E-state index contributed by atoms with van der Waals surface area (Å²) in [7, 11) is 1.38. The number of rotatable bonds is 3. The van der Waals surface area contributed by atoms with Gasteiger partial charge < -0.3 is 24.0 Å². The number of piperazine rings is 1. The minimum atomic E-state index is -0.357. The lowest BCUT2D eigenvalue weighted by Crippen LogP contribution is -2.49. The molecule has 2 aliphatic rings. The van der Waals surface area contributed by atoms with Crippen LogP contribution in [-0.2, 0) is 4.74 Å². The molecule has 2 aliphatic heterocycles. The maximum atomic E-state index is 12.8. The van der Waals surface area contributed by atoms with Gasteiger partial charge in [0, 0.05) is 31.7 Å². The molecule has 0 atom stereocenters. The highest BCUT2D eigenvalue weighted by atomic mass is 16.7. The van der Waals surface area contributed by atoms with Crippen molar-refractivity contribution in [3.63, 3.8) is 0 Å². The molecule has 0 N–H and O–H groups in total. The molecule has 0 aliphatic carbocycles. The highest BCUT2D eigenvalue weighted by Gasteiger charge is 2.26. The van der Waals surface area contributed by atoms with Gasteiger partial charge in [0.2, 0.25) is 6.79 Å². The smallest absolute Gasteiger partial charge is 0.339 e. The van der Waals surface area contributed by atoms with Crippen molar-refractivity contribution >= 4 is 17.6 Å². The molecule has 0 bridgehead atoms. The zero-order valence-corrected chi connectivity index (χ0v) is 15.0. The van der Waals surface area contributed by atoms with Gasteiger partial charge >= 0.3 is 5.97 Å². The van der Waals surface area contributed by atoms with E-state index in [-0.39, 0.29) is 18.7 Å². The summed E-state index contributed by atoms with van der Waals surface area (Å²) in [4.78, 5) is 28.7. The molecule has 2 aromatic carbocycles. The van der Waals surface area contributed by atoms with Gasteiger partial charge in [-0.25, -0.2) is 4.79 Å². The van der Waals surface area contributed by atoms with Gasteiger partial charge in [-0.3, -0.25) is 4.79 Å². The Hall–Kier alpha value is -3.22. The minimum absolute atomic E-state index is 0.0331. The molecule has 0 saturated carbocycles. The van der Waals surface area contributed by atoms with E-state index in [9.17, 15) is 9.59 Å². The molecule has 0 spiro atoms. The zero-order chi connectivity index (χ0) is 18.8. The monoisotopic (exact) mass is 368 g/mol. The molecule has 140 valence electrons. The van der Waals surface area contributed by atoms with Crippen LogP contribution in [0.5, 0.6) is 11.5 Å². The Kier molecular flexibility index (Phi) is 4.58. The number of fused-ring (bicyclic) bond motifs is 1. The van der Waals surface area contributed by atoms with Gasteiger partial charge in [0.15, 0.2) is 11.5 Å². The quantitative estimate of drug-likeness (QED) is 0.774. The van der Waals surface area contributed by atoms with Crippen molar-refractivity contribution in [2.45, 2.75) is 0 Å². The van der Waals surface area contributed by atoms with Crippen LogP contribution >= 0.6 is 0 Å². The highest BCUT2D eigenvalue weighted by molar-refractivity contribution is 5.96. The number of amides is 1. The molecule has 27 heavy (non-hydrogen) atoms. The van der Waals surface area contributed by atoms with Crippen LogP contribution in [0, 0.1) is 0 Å². The van der Waals surface area contributed by atoms with Crippen molar-refractivity contribution in [2.24, 2.45) is 0 Å². The van der Waals surface area contributed by atoms with Crippen LogP contribution in [0.15, 0.2) is 42.5 Å². The first kappa shape index (κ1) is 17.2. The van der Waals surface area contributed by atoms with Crippen LogP contribution in [0.1, 0.15) is 20.7 Å². The van der Waals surface area contributed by atoms with Gasteiger partial charge in [-0.2, -0.15) is 0 Å². The summed E-state index contributed by atoms with van der Waals surface area (Å²) in [5.41, 5.74) is 1.96. The van der Waals surface area contributed by atoms with Gasteiger partial charge in [0.25, 0.3) is 5.91 Å². The predicted molar refractivity (Wildman–Crippen MR) is 98.5 cm³/mol. The Morgan fingerprint density at radius 3 is 2.48 bits per heavy atom. The number of nitrogens with zero attached hydrogens (tertiary/aromatic N) is 2. The fourth-order valence-corrected chi connectivity index (χ4v) is 3.39. The predicted octanol–water partition coefficient (Wildman–Crippen LogP) is 2.16. The third kappa shape index (κ3) is 3.28. The van der Waals surface area contributed by atoms with E-state index in [1.807, 2.05) is 23.1 Å². The molecular weight excluding hydrogens is 348 g/mol. The number of ether oxygens (including phenoxy) is 3. The normalized spacial score (nSPS) is 15.6. The maximum Gasteiger partial charge on any atom is 0.339 e. The van der Waals surface area contributed by atoms with E-state index >= 15 is 0 Å². The summed E-state index contributed by atoms with van der Waals surface area (Å²) >= 11 is 0. The molecule has 2 aromatic rings. The van der Waals surface area contributed by atoms with Crippen LogP contribution in [0.2, 0.25) is 0 Å². The van der Waals surface area contributed by atoms with Gasteiger partial charge in [0.05, 0.1) is 18.4 Å². The Morgan fingerprint density at radius 2 is 1.70 bits per heavy atom. The zero-order valence-electron chi connectivity index (χ0n) is 15.0. The number of esters is 1. The number of benzene rings is 2. The summed E-state index contributed by atoms with van der Waals surface area (Å²) in [6.45, 7) is 2.62. The van der Waals surface area contributed by atoms with E-state index in [0.29, 0.717) is 48.8 Å². The molecule has 0 aromatic heterocycles. The maximum absolute atomic E-state index is 12.8. The summed E-state index contributed by atoms with van der Waals surface area (Å²) < 4.78 is 15.5. The minimum Gasteiger partial charge on any atom is -0.465 e. The topological polar surface area (TPSA) is 68.3 Å². The second-order valence-electron chi connectivity index (χ2n) is 6.36. The average molecular weight is 368 g/mol. The molecule has 1 fully saturated rings. The fraction of sp³-hybridized carbons (Fsp3) is 0.300. The molecule has 2 heterocycles. The highest BCUT2D eigenvalue weighted by Crippen LogP contribution is 2.33. The Labute approximate surface area is 157 Å². The van der Waals surface area contributed by atoms with E-state index in [1.54, 1.807) is 24.3 Å². The Balaban J connectivity index is 1.45. The van der Waals surface area contributed by atoms with E-state index in [4.69, 9.17) is 14.2 Å². The molecular formula is C20H20N2O5. The molecule has 4 rings (SSSR count). The molecule has 7 nitrogen and oxygen atoms in total. The first-order chi connectivity index (χ1) is 13.2. The van der Waals surface area contributed by atoms with Crippen molar-refractivity contribution < 1.29 is 23.8 Å². The molecule has 0 unspecified atom stereocenters. The van der Waals surface area contributed by atoms with E-state index in [2.05, 4.69) is 4.90 Å². The van der Waals surface area contributed by atoms with Crippen LogP contribution in [0.25, 0.3) is 0 Å². The van der Waals surface area contributed by atoms with Gasteiger partial charge in [-0.15, -0.1) is 0 Å². The second kappa shape index (κ2) is 7.19. The van der Waals surface area contributed by atoms with Crippen molar-refractivity contribution in [3.05, 3.63) is 53.6 Å². The largest absolute Gasteiger partial charge is 0.465 e. The Morgan fingerprint density at radius 1 is 0.963 bits per heavy atom. The summed E-state index contributed by atoms with van der Waals surface area (Å²) in [5.74, 6) is 0.876. The van der Waals surface area contributed by atoms with Crippen molar-refractivity contribution in [3.8, 4) is 11.5 Å². The van der Waals surface area contributed by atoms with Crippen LogP contribution in [0.3, 0.4) is 0 Å². The molecule has 0 radical (unpaired) electrons. The summed E-state index contributed by atoms with van der Waals surface area (Å²) in [6, 6.07) is 12.6. The van der Waals surface area contributed by atoms with Crippen molar-refractivity contribution in [1.82, 2.24) is 4.90 Å². The number of para-hydroxylation sites is 1. The lowest BCUT2D eigenvalue weighted by molar-refractivity contribution is 0.0600. The molecule has 1 amide bonds. The van der Waals surface area contributed by atoms with Gasteiger partial charge in [0.1, 0.15) is 0 Å². The van der Waals surface area contributed by atoms with Crippen LogP contribution < -0.4 is 14.4 Å². The second-order valence-corrected chi connectivity index (χ2v) is 6.36. The summed E-state index contributed by atoms with van der Waals surface area (Å²) in [5, 5.41) is 0. The number of methoxy groups -OCH3 is 1. The number of carbonyl (C=O) groups excluding carboxylic acids is 2. The lowest BCUT2D eigenvalue weighted by atomic mass is 10.1. The first-order valence-corrected chi connectivity index (χ1v) is 8.78. The van der Waals surface area contributed by atoms with Crippen molar-refractivity contribution in [2.75, 3.05) is 45.0 Å². The number of carbonyl (C=O) groups is 2. The SMILES string of the molecule is COC(=O)c1ccccc1N1CCN(C(=O)c2ccc3c(c2)OCO3)CC1. The summed E-state index contributed by atoms with van der Waals surface area (Å²) in [6.07, 6.45) is 0. The van der Waals surface area contributed by atoms with Crippen LogP contribution in [-0.4, -0.2) is 56.9 Å². The number of hydrogen-bond donors (Lipinski definition) is 0. The first-order valence-electron chi connectivity index (χ1n) is 8.78. The molecule has 1 saturated heterocycles. The number of anilines is 1. The van der Waals surface area contributed by atoms with Crippen LogP contribution in [0.4, 0.5) is 5.69 Å². The third-order valence-electron chi connectivity index (χ3n) is 4.84. The average Bonchev–Trinajstić information content (AvgIpc) is 3.20. The standard InChI is InChI=1S/C20H20N2O5/c1-25-20(24)15-4-2-3-5-16(15)21-8-10-22(11-9-21)19(23)14-6-7-17-18(12-14)27-13-26-17/h2-7,12H,8-11,13H2,1H3. The third-order valence-corrected chi connectivity index (χ3v) is 4.84. The van der Waals surface area contributed by atoms with Gasteiger partial charge in [-0.1, -0.05) is 12.1 Å². The van der Waals surface area contributed by atoms with Crippen molar-refractivity contribution in [1.29, 1.82) is 0 Å². The molecule has 7 heteroatoms. The van der Waals surface area contributed by atoms with Gasteiger partial charge in [-0.05, 0) is 30.3 Å². The lowest BCUT2D eigenvalue weighted by Gasteiger charge is -2.36. The van der Waals surface area contributed by atoms with E-state index in [0.717, 1.165) is 5.69 Å². The fourth-order valence-electron chi connectivity index (χ4n) is 3.39. The Bertz CT molecular complexity index is 874. The van der Waals surface area contributed by atoms with E-state index in [1.165, 1.54) is 7.11 Å². The number of hydrogen-bond acceptors (Lipinski definition) is 6.